The molecule has 1 aliphatic heterocycles. The van der Waals surface area contributed by atoms with Crippen LogP contribution in [0.25, 0.3) is 0 Å². The summed E-state index contributed by atoms with van der Waals surface area (Å²) in [5.74, 6) is 0. The van der Waals surface area contributed by atoms with Crippen LogP contribution in [0.15, 0.2) is 0 Å². The Hall–Kier alpha value is 1.80. The largest absolute Gasteiger partial charge is 0.363 e. The molecule has 0 unspecified atom stereocenters. The molecule has 0 radical (unpaired) electrons. The zero-order valence-electron chi connectivity index (χ0n) is 13.4. The predicted molar refractivity (Wildman–Crippen MR) is 135 cm³/mol. The van der Waals surface area contributed by atoms with Crippen LogP contribution >= 0.6 is 100 Å². The van der Waals surface area contributed by atoms with Crippen molar-refractivity contribution in [1.82, 2.24) is 20.4 Å². The van der Waals surface area contributed by atoms with Gasteiger partial charge in [0.15, 0.2) is 0 Å². The zero-order valence-corrected chi connectivity index (χ0v) is 20.6. The average Bonchev–Trinajstić information content (AvgIpc) is 2.38. The third-order valence-corrected chi connectivity index (χ3v) is 6.03. The summed E-state index contributed by atoms with van der Waals surface area (Å²) in [6, 6.07) is 0. The van der Waals surface area contributed by atoms with Crippen molar-refractivity contribution in [2.24, 2.45) is 0 Å². The van der Waals surface area contributed by atoms with E-state index in [4.69, 9.17) is 24.4 Å². The monoisotopic (exact) mass is 462 g/mol. The summed E-state index contributed by atoms with van der Waals surface area (Å²) in [5.41, 5.74) is 0. The predicted octanol–water partition coefficient (Wildman–Crippen LogP) is 1.69. The van der Waals surface area contributed by atoms with Gasteiger partial charge >= 0.3 is 0 Å². The van der Waals surface area contributed by atoms with Crippen molar-refractivity contribution in [2.45, 2.75) is 0 Å². The highest BCUT2D eigenvalue weighted by Gasteiger charge is 2.04. The van der Waals surface area contributed by atoms with Gasteiger partial charge in [-0.1, -0.05) is 24.4 Å². The van der Waals surface area contributed by atoms with E-state index in [1.165, 1.54) is 21.6 Å². The molecule has 0 aromatic rings. The normalized spacial score (nSPS) is 11.6. The van der Waals surface area contributed by atoms with Crippen molar-refractivity contribution in [2.75, 3.05) is 54.4 Å². The van der Waals surface area contributed by atoms with Crippen LogP contribution in [-0.2, 0) is 0 Å². The second-order valence-corrected chi connectivity index (χ2v) is 7.38. The van der Waals surface area contributed by atoms with E-state index in [1.807, 2.05) is 38.0 Å². The molecule has 4 nitrogen and oxygen atoms in total. The van der Waals surface area contributed by atoms with Gasteiger partial charge in [0.25, 0.3) is 0 Å². The Morgan fingerprint density at radius 2 is 0.909 bits per heavy atom. The van der Waals surface area contributed by atoms with Gasteiger partial charge < -0.3 is 20.4 Å². The summed E-state index contributed by atoms with van der Waals surface area (Å²) in [6.07, 6.45) is 0. The molecule has 0 saturated carbocycles. The molecule has 22 heavy (non-hydrogen) atoms. The Kier molecular flexibility index (Phi) is 36.3. The van der Waals surface area contributed by atoms with E-state index < -0.39 is 0 Å². The van der Waals surface area contributed by atoms with Crippen molar-refractivity contribution in [1.29, 1.82) is 0 Å². The number of nitrogens with one attached hydrogen (secondary N) is 2. The topological polar surface area (TPSA) is 30.5 Å². The molecule has 0 atom stereocenters. The molecule has 0 amide bonds. The molecule has 0 bridgehead atoms. The maximum Gasteiger partial charge on any atom is 0.146 e. The number of nitrogens with zero attached hydrogens (tertiary/aromatic N) is 2. The van der Waals surface area contributed by atoms with Crippen LogP contribution in [0.3, 0.4) is 0 Å². The Bertz CT molecular complexity index is 230. The van der Waals surface area contributed by atoms with Gasteiger partial charge in [-0.3, -0.25) is 0 Å². The van der Waals surface area contributed by atoms with Crippen LogP contribution in [-0.4, -0.2) is 72.8 Å². The Balaban J connectivity index is -0.0000000836. The van der Waals surface area contributed by atoms with Crippen molar-refractivity contribution in [3.05, 3.63) is 0 Å². The molecule has 138 valence electrons. The second-order valence-electron chi connectivity index (χ2n) is 3.99. The van der Waals surface area contributed by atoms with Crippen LogP contribution < -0.4 is 10.6 Å². The highest BCUT2D eigenvalue weighted by Crippen LogP contribution is 2.26. The van der Waals surface area contributed by atoms with Gasteiger partial charge in [-0.05, 0) is 21.6 Å². The number of hydrogen-bond acceptors (Lipinski definition) is 6. The molecule has 0 spiro atoms. The summed E-state index contributed by atoms with van der Waals surface area (Å²) in [5, 5.41) is 6.44. The SMILES string of the molecule is C1CNCCN1.CN(C)C(=S)SSC(=S)N(C)C.S.S.S.S. The molecule has 1 heterocycles. The van der Waals surface area contributed by atoms with Crippen LogP contribution in [0.2, 0.25) is 0 Å². The smallest absolute Gasteiger partial charge is 0.146 e. The lowest BCUT2D eigenvalue weighted by molar-refractivity contribution is 0.534. The van der Waals surface area contributed by atoms with Gasteiger partial charge in [-0.2, -0.15) is 54.0 Å². The van der Waals surface area contributed by atoms with Gasteiger partial charge in [0.1, 0.15) is 8.64 Å². The van der Waals surface area contributed by atoms with Crippen LogP contribution in [0.4, 0.5) is 0 Å². The number of hydrogen-bond donors (Lipinski definition) is 2. The highest BCUT2D eigenvalue weighted by atomic mass is 33.1. The molecule has 1 saturated heterocycles. The third kappa shape index (κ3) is 21.8. The summed E-state index contributed by atoms with van der Waals surface area (Å²) in [4.78, 5) is 3.79. The lowest BCUT2D eigenvalue weighted by Crippen LogP contribution is -2.39. The Morgan fingerprint density at radius 1 is 0.682 bits per heavy atom. The molecule has 0 aromatic heterocycles. The molecular formula is C10H30N4S8. The van der Waals surface area contributed by atoms with Crippen LogP contribution in [0.5, 0.6) is 0 Å². The first-order valence-corrected chi connectivity index (χ1v) is 8.60. The molecular weight excluding hydrogens is 433 g/mol. The molecule has 1 aliphatic rings. The van der Waals surface area contributed by atoms with Gasteiger partial charge in [0, 0.05) is 54.4 Å². The van der Waals surface area contributed by atoms with Crippen molar-refractivity contribution < 1.29 is 0 Å². The molecule has 1 rings (SSSR count). The van der Waals surface area contributed by atoms with Crippen molar-refractivity contribution >= 4 is 109 Å². The maximum atomic E-state index is 5.07. The molecule has 2 N–H and O–H groups in total. The molecule has 0 aliphatic carbocycles. The standard InChI is InChI=1S/C6H12N2S4.C4H10N2.4H2S/c1-7(2)5(9)11-12-6(10)8(3)4;1-2-6-4-3-5-1;;;;/h1-4H3;5-6H,1-4H2;4*1H2. The van der Waals surface area contributed by atoms with Crippen molar-refractivity contribution in [3.63, 3.8) is 0 Å². The lowest BCUT2D eigenvalue weighted by Gasteiger charge is -2.15. The quantitative estimate of drug-likeness (QED) is 0.415. The fourth-order valence-corrected chi connectivity index (χ4v) is 3.20. The van der Waals surface area contributed by atoms with E-state index in [1.54, 1.807) is 0 Å². The first-order valence-electron chi connectivity index (χ1n) is 5.63. The Labute approximate surface area is 182 Å². The minimum atomic E-state index is 0. The summed E-state index contributed by atoms with van der Waals surface area (Å²) in [7, 11) is 10.7. The number of thiocarbonyl (C=S) groups is 2. The third-order valence-electron chi connectivity index (χ3n) is 1.87. The number of piperazine rings is 1. The second kappa shape index (κ2) is 22.8. The van der Waals surface area contributed by atoms with Crippen LogP contribution in [0, 0.1) is 0 Å². The summed E-state index contributed by atoms with van der Waals surface area (Å²) >= 11 is 10.1. The molecule has 0 aromatic carbocycles. The first kappa shape index (κ1) is 35.0. The fourth-order valence-electron chi connectivity index (χ4n) is 0.824. The van der Waals surface area contributed by atoms with Gasteiger partial charge in [-0.15, -0.1) is 0 Å². The van der Waals surface area contributed by atoms with Crippen LogP contribution in [0.1, 0.15) is 0 Å². The average molecular weight is 463 g/mol. The minimum Gasteiger partial charge on any atom is -0.363 e. The lowest BCUT2D eigenvalue weighted by atomic mass is 10.4. The van der Waals surface area contributed by atoms with Gasteiger partial charge in [0.05, 0.1) is 0 Å². The summed E-state index contributed by atoms with van der Waals surface area (Å²) < 4.78 is 1.67. The van der Waals surface area contributed by atoms with Gasteiger partial charge in [-0.25, -0.2) is 0 Å². The summed E-state index contributed by atoms with van der Waals surface area (Å²) in [6.45, 7) is 4.56. The molecule has 1 fully saturated rings. The fraction of sp³-hybridized carbons (Fsp3) is 0.800. The van der Waals surface area contributed by atoms with E-state index in [-0.39, 0.29) is 54.0 Å². The first-order chi connectivity index (χ1) is 8.45. The van der Waals surface area contributed by atoms with E-state index in [0.29, 0.717) is 0 Å². The van der Waals surface area contributed by atoms with E-state index in [0.717, 1.165) is 34.8 Å². The van der Waals surface area contributed by atoms with E-state index >= 15 is 0 Å². The zero-order chi connectivity index (χ0) is 14.0. The van der Waals surface area contributed by atoms with Crippen molar-refractivity contribution in [3.8, 4) is 0 Å². The Morgan fingerprint density at radius 3 is 1.05 bits per heavy atom. The number of rotatable bonds is 0. The van der Waals surface area contributed by atoms with Gasteiger partial charge in [0.2, 0.25) is 0 Å². The maximum absolute atomic E-state index is 5.07. The van der Waals surface area contributed by atoms with E-state index in [9.17, 15) is 0 Å². The minimum absolute atomic E-state index is 0. The molecule has 12 heteroatoms. The highest BCUT2D eigenvalue weighted by molar-refractivity contribution is 8.89. The van der Waals surface area contributed by atoms with E-state index in [2.05, 4.69) is 10.6 Å².